The number of rotatable bonds is 6. The lowest BCUT2D eigenvalue weighted by molar-refractivity contribution is -0.384. The van der Waals surface area contributed by atoms with Gasteiger partial charge in [0.05, 0.1) is 10.7 Å². The van der Waals surface area contributed by atoms with Crippen LogP contribution in [0.4, 0.5) is 11.4 Å². The van der Waals surface area contributed by atoms with E-state index < -0.39 is 4.92 Å². The van der Waals surface area contributed by atoms with Gasteiger partial charge in [0.1, 0.15) is 12.0 Å². The summed E-state index contributed by atoms with van der Waals surface area (Å²) in [6.45, 7) is 4.03. The first-order valence-electron chi connectivity index (χ1n) is 9.99. The number of thioether (sulfide) groups is 1. The predicted octanol–water partition coefficient (Wildman–Crippen LogP) is 3.58. The molecule has 0 saturated carbocycles. The first-order valence-corrected chi connectivity index (χ1v) is 11.4. The van der Waals surface area contributed by atoms with Crippen molar-refractivity contribution in [1.29, 1.82) is 0 Å². The third-order valence-corrected chi connectivity index (χ3v) is 6.42. The van der Waals surface area contributed by atoms with E-state index in [1.54, 1.807) is 23.4 Å². The molecular weight excluding hydrogens is 452 g/mol. The summed E-state index contributed by atoms with van der Waals surface area (Å²) in [5.74, 6) is 0.241. The summed E-state index contributed by atoms with van der Waals surface area (Å²) in [7, 11) is 0. The van der Waals surface area contributed by atoms with Crippen LogP contribution in [0.5, 0.6) is 0 Å². The highest BCUT2D eigenvalue weighted by Gasteiger charge is 2.26. The van der Waals surface area contributed by atoms with Crippen LogP contribution in [-0.4, -0.2) is 62.4 Å². The molecular formula is C21H21ClN6O3S. The second-order valence-corrected chi connectivity index (χ2v) is 8.74. The highest BCUT2D eigenvalue weighted by atomic mass is 35.5. The van der Waals surface area contributed by atoms with E-state index in [1.807, 2.05) is 40.7 Å². The van der Waals surface area contributed by atoms with Crippen molar-refractivity contribution in [2.45, 2.75) is 12.1 Å². The summed E-state index contributed by atoms with van der Waals surface area (Å²) in [5, 5.41) is 20.5. The molecule has 1 aliphatic rings. The maximum absolute atomic E-state index is 12.8. The molecule has 166 valence electrons. The summed E-state index contributed by atoms with van der Waals surface area (Å²) >= 11 is 7.25. The minimum atomic E-state index is -0.431. The normalized spacial score (nSPS) is 13.9. The Hall–Kier alpha value is -3.11. The van der Waals surface area contributed by atoms with E-state index in [9.17, 15) is 14.9 Å². The number of aromatic nitrogens is 3. The molecule has 1 amide bonds. The predicted molar refractivity (Wildman–Crippen MR) is 124 cm³/mol. The number of hydrogen-bond donors (Lipinski definition) is 0. The Balaban J connectivity index is 1.35. The van der Waals surface area contributed by atoms with Gasteiger partial charge in [-0.15, -0.1) is 10.2 Å². The number of halogens is 1. The fraction of sp³-hybridized carbons (Fsp3) is 0.286. The van der Waals surface area contributed by atoms with Crippen molar-refractivity contribution in [3.05, 3.63) is 69.5 Å². The lowest BCUT2D eigenvalue weighted by Crippen LogP contribution is -2.49. The molecule has 0 aliphatic carbocycles. The number of amides is 1. The SMILES string of the molecule is Cc1ccc(-n2cnnc2SCC(=O)N2CCN(c3ccc(Cl)cc3[N+](=O)[O-])CC2)cc1. The lowest BCUT2D eigenvalue weighted by atomic mass is 10.2. The quantitative estimate of drug-likeness (QED) is 0.307. The summed E-state index contributed by atoms with van der Waals surface area (Å²) in [5.41, 5.74) is 2.60. The molecule has 0 radical (unpaired) electrons. The lowest BCUT2D eigenvalue weighted by Gasteiger charge is -2.35. The molecule has 4 rings (SSSR count). The monoisotopic (exact) mass is 472 g/mol. The number of carbonyl (C=O) groups is 1. The summed E-state index contributed by atoms with van der Waals surface area (Å²) < 4.78 is 1.86. The number of aryl methyl sites for hydroxylation is 1. The average molecular weight is 473 g/mol. The Kier molecular flexibility index (Phi) is 6.61. The third kappa shape index (κ3) is 4.86. The van der Waals surface area contributed by atoms with Crippen molar-refractivity contribution in [2.75, 3.05) is 36.8 Å². The zero-order chi connectivity index (χ0) is 22.7. The molecule has 0 unspecified atom stereocenters. The van der Waals surface area contributed by atoms with E-state index >= 15 is 0 Å². The first-order chi connectivity index (χ1) is 15.4. The molecule has 1 fully saturated rings. The van der Waals surface area contributed by atoms with Crippen LogP contribution in [0.3, 0.4) is 0 Å². The number of hydrogen-bond acceptors (Lipinski definition) is 7. The van der Waals surface area contributed by atoms with E-state index in [0.29, 0.717) is 42.0 Å². The van der Waals surface area contributed by atoms with Crippen LogP contribution in [0.2, 0.25) is 5.02 Å². The number of nitrogens with zero attached hydrogens (tertiary/aromatic N) is 6. The van der Waals surface area contributed by atoms with Gasteiger partial charge in [0, 0.05) is 43.0 Å². The van der Waals surface area contributed by atoms with Crippen molar-refractivity contribution < 1.29 is 9.72 Å². The van der Waals surface area contributed by atoms with Gasteiger partial charge in [-0.2, -0.15) is 0 Å². The van der Waals surface area contributed by atoms with Crippen LogP contribution in [0, 0.1) is 17.0 Å². The second-order valence-electron chi connectivity index (χ2n) is 7.37. The third-order valence-electron chi connectivity index (χ3n) is 5.26. The highest BCUT2D eigenvalue weighted by molar-refractivity contribution is 7.99. The molecule has 0 atom stereocenters. The number of piperazine rings is 1. The zero-order valence-corrected chi connectivity index (χ0v) is 18.9. The van der Waals surface area contributed by atoms with Gasteiger partial charge in [-0.05, 0) is 31.2 Å². The van der Waals surface area contributed by atoms with Crippen LogP contribution in [0.1, 0.15) is 5.56 Å². The highest BCUT2D eigenvalue weighted by Crippen LogP contribution is 2.31. The first kappa shape index (κ1) is 22.1. The van der Waals surface area contributed by atoms with Crippen LogP contribution in [0.15, 0.2) is 53.9 Å². The van der Waals surface area contributed by atoms with E-state index in [0.717, 1.165) is 11.3 Å². The fourth-order valence-corrected chi connectivity index (χ4v) is 4.53. The van der Waals surface area contributed by atoms with E-state index in [-0.39, 0.29) is 17.3 Å². The summed E-state index contributed by atoms with van der Waals surface area (Å²) in [4.78, 5) is 27.4. The Morgan fingerprint density at radius 1 is 1.16 bits per heavy atom. The Morgan fingerprint density at radius 3 is 2.56 bits per heavy atom. The molecule has 0 spiro atoms. The number of nitro groups is 1. The van der Waals surface area contributed by atoms with Crippen molar-refractivity contribution in [2.24, 2.45) is 0 Å². The topological polar surface area (TPSA) is 97.4 Å². The maximum Gasteiger partial charge on any atom is 0.294 e. The van der Waals surface area contributed by atoms with Crippen molar-refractivity contribution in [3.63, 3.8) is 0 Å². The minimum absolute atomic E-state index is 0.00119. The van der Waals surface area contributed by atoms with Crippen LogP contribution < -0.4 is 4.90 Å². The van der Waals surface area contributed by atoms with Crippen molar-refractivity contribution in [3.8, 4) is 5.69 Å². The van der Waals surface area contributed by atoms with Crippen molar-refractivity contribution in [1.82, 2.24) is 19.7 Å². The zero-order valence-electron chi connectivity index (χ0n) is 17.3. The van der Waals surface area contributed by atoms with Gasteiger partial charge in [-0.25, -0.2) is 0 Å². The fourth-order valence-electron chi connectivity index (χ4n) is 3.53. The number of benzene rings is 2. The number of anilines is 1. The largest absolute Gasteiger partial charge is 0.362 e. The molecule has 1 saturated heterocycles. The summed E-state index contributed by atoms with van der Waals surface area (Å²) in [6.07, 6.45) is 1.63. The Bertz CT molecular complexity index is 1130. The van der Waals surface area contributed by atoms with Gasteiger partial charge < -0.3 is 9.80 Å². The molecule has 3 aromatic rings. The van der Waals surface area contributed by atoms with Gasteiger partial charge >= 0.3 is 0 Å². The molecule has 1 aliphatic heterocycles. The second kappa shape index (κ2) is 9.58. The Labute approximate surface area is 194 Å². The molecule has 9 nitrogen and oxygen atoms in total. The van der Waals surface area contributed by atoms with Gasteiger partial charge in [0.15, 0.2) is 5.16 Å². The number of nitro benzene ring substituents is 1. The van der Waals surface area contributed by atoms with Gasteiger partial charge in [-0.1, -0.05) is 41.1 Å². The molecule has 0 bridgehead atoms. The smallest absolute Gasteiger partial charge is 0.294 e. The minimum Gasteiger partial charge on any atom is -0.362 e. The van der Waals surface area contributed by atoms with Gasteiger partial charge in [0.2, 0.25) is 5.91 Å². The molecule has 11 heteroatoms. The average Bonchev–Trinajstić information content (AvgIpc) is 3.26. The Morgan fingerprint density at radius 2 is 1.88 bits per heavy atom. The van der Waals surface area contributed by atoms with Gasteiger partial charge in [0.25, 0.3) is 5.69 Å². The number of carbonyl (C=O) groups excluding carboxylic acids is 1. The maximum atomic E-state index is 12.8. The van der Waals surface area contributed by atoms with Crippen LogP contribution >= 0.6 is 23.4 Å². The molecule has 0 N–H and O–H groups in total. The standard InChI is InChI=1S/C21H21ClN6O3S/c1-15-2-5-17(6-3-15)27-14-23-24-21(27)32-13-20(29)26-10-8-25(9-11-26)18-7-4-16(22)12-19(18)28(30)31/h2-7,12,14H,8-11,13H2,1H3. The van der Waals surface area contributed by atoms with Crippen LogP contribution in [-0.2, 0) is 4.79 Å². The van der Waals surface area contributed by atoms with Gasteiger partial charge in [-0.3, -0.25) is 19.5 Å². The van der Waals surface area contributed by atoms with Crippen LogP contribution in [0.25, 0.3) is 5.69 Å². The van der Waals surface area contributed by atoms with Crippen molar-refractivity contribution >= 4 is 40.6 Å². The van der Waals surface area contributed by atoms with E-state index in [2.05, 4.69) is 10.2 Å². The molecule has 1 aromatic heterocycles. The molecule has 32 heavy (non-hydrogen) atoms. The molecule has 2 aromatic carbocycles. The molecule has 2 heterocycles. The van der Waals surface area contributed by atoms with E-state index in [1.165, 1.54) is 17.8 Å². The summed E-state index contributed by atoms with van der Waals surface area (Å²) in [6, 6.07) is 12.7. The van der Waals surface area contributed by atoms with E-state index in [4.69, 9.17) is 11.6 Å².